The minimum Gasteiger partial charge on any atom is -0.444 e. The van der Waals surface area contributed by atoms with Crippen LogP contribution in [0.15, 0.2) is 18.3 Å². The van der Waals surface area contributed by atoms with Gasteiger partial charge in [0.05, 0.1) is 0 Å². The zero-order valence-corrected chi connectivity index (χ0v) is 14.3. The number of nitrogens with zero attached hydrogens (tertiary/aromatic N) is 3. The molecule has 1 aliphatic heterocycles. The van der Waals surface area contributed by atoms with E-state index in [-0.39, 0.29) is 6.09 Å². The van der Waals surface area contributed by atoms with Crippen LogP contribution in [0.1, 0.15) is 20.8 Å². The molecule has 0 spiro atoms. The maximum absolute atomic E-state index is 12.0. The lowest BCUT2D eigenvalue weighted by molar-refractivity contribution is 0.0240. The fraction of sp³-hybridized carbons (Fsp3) is 0.571. The molecule has 0 aliphatic carbocycles. The molecule has 1 aromatic rings. The summed E-state index contributed by atoms with van der Waals surface area (Å²) in [5.74, 6) is 0.973. The molecule has 5 nitrogen and oxygen atoms in total. The summed E-state index contributed by atoms with van der Waals surface area (Å²) < 4.78 is 6.56. The van der Waals surface area contributed by atoms with Crippen molar-refractivity contribution in [3.05, 3.63) is 21.9 Å². The van der Waals surface area contributed by atoms with Crippen molar-refractivity contribution in [1.29, 1.82) is 0 Å². The van der Waals surface area contributed by atoms with E-state index in [1.165, 1.54) is 3.57 Å². The molecular formula is C14H20IN3O2. The maximum Gasteiger partial charge on any atom is 0.410 e. The number of halogens is 1. The van der Waals surface area contributed by atoms with Gasteiger partial charge in [0.1, 0.15) is 11.4 Å². The van der Waals surface area contributed by atoms with Crippen molar-refractivity contribution in [1.82, 2.24) is 9.88 Å². The minimum absolute atomic E-state index is 0.229. The summed E-state index contributed by atoms with van der Waals surface area (Å²) in [5, 5.41) is 0. The topological polar surface area (TPSA) is 45.7 Å². The Kier molecular flexibility index (Phi) is 4.72. The van der Waals surface area contributed by atoms with Crippen LogP contribution in [0.2, 0.25) is 0 Å². The van der Waals surface area contributed by atoms with Gasteiger partial charge in [0.2, 0.25) is 0 Å². The van der Waals surface area contributed by atoms with E-state index in [2.05, 4.69) is 38.5 Å². The monoisotopic (exact) mass is 389 g/mol. The molecule has 0 N–H and O–H groups in total. The normalized spacial score (nSPS) is 16.2. The lowest BCUT2D eigenvalue weighted by Gasteiger charge is -2.36. The molecule has 0 aromatic carbocycles. The molecule has 0 bridgehead atoms. The summed E-state index contributed by atoms with van der Waals surface area (Å²) in [7, 11) is 0. The van der Waals surface area contributed by atoms with E-state index in [9.17, 15) is 4.79 Å². The lowest BCUT2D eigenvalue weighted by atomic mass is 10.2. The fourth-order valence-electron chi connectivity index (χ4n) is 2.01. The number of hydrogen-bond donors (Lipinski definition) is 0. The van der Waals surface area contributed by atoms with E-state index in [4.69, 9.17) is 4.74 Å². The number of piperazine rings is 1. The summed E-state index contributed by atoms with van der Waals surface area (Å²) in [6.07, 6.45) is 1.59. The molecule has 1 saturated heterocycles. The Morgan fingerprint density at radius 1 is 1.30 bits per heavy atom. The van der Waals surface area contributed by atoms with Gasteiger partial charge in [-0.1, -0.05) is 0 Å². The van der Waals surface area contributed by atoms with Crippen LogP contribution >= 0.6 is 22.6 Å². The number of ether oxygens (including phenoxy) is 1. The molecule has 0 radical (unpaired) electrons. The molecule has 1 aliphatic rings. The Morgan fingerprint density at radius 2 is 1.95 bits per heavy atom. The highest BCUT2D eigenvalue weighted by Gasteiger charge is 2.26. The third-order valence-electron chi connectivity index (χ3n) is 2.96. The van der Waals surface area contributed by atoms with E-state index < -0.39 is 5.60 Å². The SMILES string of the molecule is CC(C)(C)OC(=O)N1CCN(c2cc(I)ccn2)CC1. The zero-order chi connectivity index (χ0) is 14.8. The number of hydrogen-bond acceptors (Lipinski definition) is 4. The number of anilines is 1. The number of rotatable bonds is 1. The standard InChI is InChI=1S/C14H20IN3O2/c1-14(2,3)20-13(19)18-8-6-17(7-9-18)12-10-11(15)4-5-16-12/h4-5,10H,6-9H2,1-3H3. The molecule has 6 heteroatoms. The molecule has 0 atom stereocenters. The average molecular weight is 389 g/mol. The number of carbonyl (C=O) groups is 1. The van der Waals surface area contributed by atoms with Gasteiger partial charge in [0.15, 0.2) is 0 Å². The lowest BCUT2D eigenvalue weighted by Crippen LogP contribution is -2.50. The Morgan fingerprint density at radius 3 is 2.50 bits per heavy atom. The molecule has 2 heterocycles. The first kappa shape index (κ1) is 15.3. The highest BCUT2D eigenvalue weighted by Crippen LogP contribution is 2.17. The van der Waals surface area contributed by atoms with Crippen molar-refractivity contribution in [3.8, 4) is 0 Å². The molecule has 1 amide bonds. The van der Waals surface area contributed by atoms with E-state index in [0.717, 1.165) is 18.9 Å². The third-order valence-corrected chi connectivity index (χ3v) is 3.63. The Bertz CT molecular complexity index is 480. The first-order valence-corrected chi connectivity index (χ1v) is 7.77. The zero-order valence-electron chi connectivity index (χ0n) is 12.1. The molecule has 1 fully saturated rings. The third kappa shape index (κ3) is 4.22. The van der Waals surface area contributed by atoms with Gasteiger partial charge < -0.3 is 14.5 Å². The van der Waals surface area contributed by atoms with Crippen LogP contribution in [-0.2, 0) is 4.74 Å². The van der Waals surface area contributed by atoms with Crippen LogP contribution in [0, 0.1) is 3.57 Å². The Labute approximate surface area is 133 Å². The van der Waals surface area contributed by atoms with Gasteiger partial charge in [-0.05, 0) is 55.5 Å². The van der Waals surface area contributed by atoms with Crippen LogP contribution in [0.5, 0.6) is 0 Å². The Hall–Kier alpha value is -1.05. The van der Waals surface area contributed by atoms with Crippen molar-refractivity contribution in [3.63, 3.8) is 0 Å². The van der Waals surface area contributed by atoms with Crippen LogP contribution in [-0.4, -0.2) is 47.8 Å². The predicted octanol–water partition coefficient (Wildman–Crippen LogP) is 2.74. The molecule has 110 valence electrons. The minimum atomic E-state index is -0.439. The van der Waals surface area contributed by atoms with Crippen LogP contribution in [0.4, 0.5) is 10.6 Å². The second-order valence-electron chi connectivity index (χ2n) is 5.79. The highest BCUT2D eigenvalue weighted by molar-refractivity contribution is 14.1. The van der Waals surface area contributed by atoms with E-state index in [0.29, 0.717) is 13.1 Å². The van der Waals surface area contributed by atoms with Gasteiger partial charge in [-0.25, -0.2) is 9.78 Å². The van der Waals surface area contributed by atoms with Gasteiger partial charge in [-0.2, -0.15) is 0 Å². The molecular weight excluding hydrogens is 369 g/mol. The molecule has 1 aromatic heterocycles. The van der Waals surface area contributed by atoms with E-state index in [1.807, 2.05) is 33.0 Å². The van der Waals surface area contributed by atoms with E-state index in [1.54, 1.807) is 4.90 Å². The van der Waals surface area contributed by atoms with Gasteiger partial charge in [0.25, 0.3) is 0 Å². The highest BCUT2D eigenvalue weighted by atomic mass is 127. The smallest absolute Gasteiger partial charge is 0.410 e. The predicted molar refractivity (Wildman–Crippen MR) is 87.0 cm³/mol. The second-order valence-corrected chi connectivity index (χ2v) is 7.03. The van der Waals surface area contributed by atoms with Crippen LogP contribution in [0.3, 0.4) is 0 Å². The summed E-state index contributed by atoms with van der Waals surface area (Å²) in [5.41, 5.74) is -0.439. The molecule has 0 unspecified atom stereocenters. The molecule has 2 rings (SSSR count). The van der Waals surface area contributed by atoms with Crippen LogP contribution in [0.25, 0.3) is 0 Å². The van der Waals surface area contributed by atoms with Crippen molar-refractivity contribution in [2.24, 2.45) is 0 Å². The Balaban J connectivity index is 1.91. The number of carbonyl (C=O) groups excluding carboxylic acids is 1. The second kappa shape index (κ2) is 6.15. The van der Waals surface area contributed by atoms with Gasteiger partial charge in [-0.3, -0.25) is 0 Å². The summed E-state index contributed by atoms with van der Waals surface area (Å²) in [4.78, 5) is 20.3. The van der Waals surface area contributed by atoms with Gasteiger partial charge >= 0.3 is 6.09 Å². The molecule has 20 heavy (non-hydrogen) atoms. The van der Waals surface area contributed by atoms with E-state index >= 15 is 0 Å². The van der Waals surface area contributed by atoms with Crippen LogP contribution < -0.4 is 4.90 Å². The quantitative estimate of drug-likeness (QED) is 0.693. The summed E-state index contributed by atoms with van der Waals surface area (Å²) >= 11 is 2.28. The van der Waals surface area contributed by atoms with Crippen molar-refractivity contribution < 1.29 is 9.53 Å². The number of amides is 1. The van der Waals surface area contributed by atoms with Crippen molar-refractivity contribution in [2.45, 2.75) is 26.4 Å². The van der Waals surface area contributed by atoms with Gasteiger partial charge in [0, 0.05) is 35.9 Å². The van der Waals surface area contributed by atoms with Gasteiger partial charge in [-0.15, -0.1) is 0 Å². The molecule has 0 saturated carbocycles. The van der Waals surface area contributed by atoms with Crippen molar-refractivity contribution in [2.75, 3.05) is 31.1 Å². The average Bonchev–Trinajstić information content (AvgIpc) is 2.37. The summed E-state index contributed by atoms with van der Waals surface area (Å²) in [6.45, 7) is 8.56. The summed E-state index contributed by atoms with van der Waals surface area (Å²) in [6, 6.07) is 4.03. The first-order valence-electron chi connectivity index (χ1n) is 6.69. The largest absolute Gasteiger partial charge is 0.444 e. The first-order chi connectivity index (χ1) is 9.35. The number of pyridine rings is 1. The maximum atomic E-state index is 12.0. The van der Waals surface area contributed by atoms with Crippen molar-refractivity contribution >= 4 is 34.5 Å². The fourth-order valence-corrected chi connectivity index (χ4v) is 2.45. The number of aromatic nitrogens is 1.